The molecular weight excluding hydrogens is 306 g/mol. The van der Waals surface area contributed by atoms with Crippen molar-refractivity contribution in [3.63, 3.8) is 0 Å². The van der Waals surface area contributed by atoms with Crippen molar-refractivity contribution in [3.8, 4) is 0 Å². The Bertz CT molecular complexity index is 753. The average molecular weight is 327 g/mol. The van der Waals surface area contributed by atoms with Crippen LogP contribution in [0.2, 0.25) is 0 Å². The first-order valence-electron chi connectivity index (χ1n) is 8.14. The predicted molar refractivity (Wildman–Crippen MR) is 88.9 cm³/mol. The van der Waals surface area contributed by atoms with Crippen molar-refractivity contribution in [2.75, 3.05) is 13.1 Å². The van der Waals surface area contributed by atoms with Gasteiger partial charge in [-0.05, 0) is 43.5 Å². The maximum absolute atomic E-state index is 12.5. The Labute approximate surface area is 140 Å². The highest BCUT2D eigenvalue weighted by atomic mass is 16.4. The highest BCUT2D eigenvalue weighted by molar-refractivity contribution is 5.87. The Morgan fingerprint density at radius 1 is 1.33 bits per heavy atom. The minimum absolute atomic E-state index is 0.0530. The van der Waals surface area contributed by atoms with Crippen molar-refractivity contribution in [2.24, 2.45) is 0 Å². The van der Waals surface area contributed by atoms with Crippen LogP contribution in [0.3, 0.4) is 0 Å². The van der Waals surface area contributed by atoms with Crippen LogP contribution in [0.1, 0.15) is 40.4 Å². The van der Waals surface area contributed by atoms with Crippen LogP contribution < -0.4 is 0 Å². The molecule has 1 atom stereocenters. The molecule has 1 aromatic heterocycles. The van der Waals surface area contributed by atoms with Gasteiger partial charge in [-0.15, -0.1) is 0 Å². The molecular formula is C18H21N3O3. The molecule has 24 heavy (non-hydrogen) atoms. The van der Waals surface area contributed by atoms with Gasteiger partial charge in [0.15, 0.2) is 0 Å². The Morgan fingerprint density at radius 2 is 2.17 bits per heavy atom. The van der Waals surface area contributed by atoms with Gasteiger partial charge in [0.2, 0.25) is 5.91 Å². The van der Waals surface area contributed by atoms with Crippen LogP contribution in [0.5, 0.6) is 0 Å². The van der Waals surface area contributed by atoms with E-state index in [1.807, 2.05) is 30.2 Å². The van der Waals surface area contributed by atoms with Crippen molar-refractivity contribution in [3.05, 3.63) is 53.3 Å². The summed E-state index contributed by atoms with van der Waals surface area (Å²) in [6.45, 7) is 3.51. The predicted octanol–water partition coefficient (Wildman–Crippen LogP) is 2.30. The van der Waals surface area contributed by atoms with Crippen molar-refractivity contribution < 1.29 is 14.7 Å². The number of piperidine rings is 1. The number of carboxylic acid groups (broad SMARTS) is 1. The van der Waals surface area contributed by atoms with Gasteiger partial charge in [0, 0.05) is 25.2 Å². The molecule has 2 aromatic rings. The number of carboxylic acids is 1. The van der Waals surface area contributed by atoms with Crippen LogP contribution in [0, 0.1) is 6.92 Å². The van der Waals surface area contributed by atoms with Gasteiger partial charge in [-0.3, -0.25) is 9.48 Å². The molecule has 0 saturated carbocycles. The van der Waals surface area contributed by atoms with Crippen LogP contribution in [-0.4, -0.2) is 44.8 Å². The molecule has 1 aliphatic rings. The van der Waals surface area contributed by atoms with E-state index >= 15 is 0 Å². The number of likely N-dealkylation sites (tertiary alicyclic amines) is 1. The number of amides is 1. The molecule has 126 valence electrons. The number of aromatic carboxylic acids is 1. The van der Waals surface area contributed by atoms with E-state index in [1.54, 1.807) is 22.9 Å². The molecule has 1 fully saturated rings. The summed E-state index contributed by atoms with van der Waals surface area (Å²) < 4.78 is 1.66. The number of aryl methyl sites for hydroxylation is 1. The Balaban J connectivity index is 1.68. The second-order valence-corrected chi connectivity index (χ2v) is 6.26. The number of carbonyl (C=O) groups excluding carboxylic acids is 1. The molecule has 6 heteroatoms. The van der Waals surface area contributed by atoms with Crippen molar-refractivity contribution in [1.29, 1.82) is 0 Å². The monoisotopic (exact) mass is 327 g/mol. The van der Waals surface area contributed by atoms with Crippen molar-refractivity contribution >= 4 is 11.9 Å². The molecule has 1 N–H and O–H groups in total. The van der Waals surface area contributed by atoms with Crippen LogP contribution in [0.15, 0.2) is 36.5 Å². The second-order valence-electron chi connectivity index (χ2n) is 6.26. The molecule has 3 rings (SSSR count). The molecule has 1 saturated heterocycles. The summed E-state index contributed by atoms with van der Waals surface area (Å²) in [7, 11) is 0. The van der Waals surface area contributed by atoms with Gasteiger partial charge in [-0.25, -0.2) is 4.79 Å². The van der Waals surface area contributed by atoms with Crippen LogP contribution in [0.4, 0.5) is 0 Å². The minimum Gasteiger partial charge on any atom is -0.478 e. The Hall–Kier alpha value is -2.63. The van der Waals surface area contributed by atoms with E-state index < -0.39 is 5.97 Å². The van der Waals surface area contributed by atoms with Gasteiger partial charge in [0.1, 0.15) is 6.54 Å². The number of aromatic nitrogens is 2. The molecule has 0 unspecified atom stereocenters. The van der Waals surface area contributed by atoms with Crippen LogP contribution >= 0.6 is 0 Å². The number of nitrogens with zero attached hydrogens (tertiary/aromatic N) is 3. The fourth-order valence-electron chi connectivity index (χ4n) is 3.19. The van der Waals surface area contributed by atoms with Crippen molar-refractivity contribution in [1.82, 2.24) is 14.7 Å². The van der Waals surface area contributed by atoms with E-state index in [9.17, 15) is 9.59 Å². The summed E-state index contributed by atoms with van der Waals surface area (Å²) in [5.74, 6) is -0.687. The summed E-state index contributed by atoms with van der Waals surface area (Å²) in [5.41, 5.74) is 2.18. The fourth-order valence-corrected chi connectivity index (χ4v) is 3.19. The number of carbonyl (C=O) groups is 2. The van der Waals surface area contributed by atoms with Gasteiger partial charge in [0.05, 0.1) is 11.3 Å². The Morgan fingerprint density at radius 3 is 2.88 bits per heavy atom. The lowest BCUT2D eigenvalue weighted by Crippen LogP contribution is -2.40. The zero-order valence-corrected chi connectivity index (χ0v) is 13.7. The summed E-state index contributed by atoms with van der Waals surface area (Å²) in [4.78, 5) is 25.5. The molecule has 1 amide bonds. The third-order valence-electron chi connectivity index (χ3n) is 4.45. The van der Waals surface area contributed by atoms with E-state index in [0.29, 0.717) is 12.1 Å². The number of hydrogen-bond donors (Lipinski definition) is 1. The quantitative estimate of drug-likeness (QED) is 0.935. The van der Waals surface area contributed by atoms with Gasteiger partial charge in [-0.1, -0.05) is 12.1 Å². The Kier molecular flexibility index (Phi) is 4.64. The maximum atomic E-state index is 12.5. The minimum atomic E-state index is -0.922. The lowest BCUT2D eigenvalue weighted by atomic mass is 9.89. The van der Waals surface area contributed by atoms with Gasteiger partial charge in [-0.2, -0.15) is 5.10 Å². The second kappa shape index (κ2) is 6.86. The molecule has 0 radical (unpaired) electrons. The molecule has 0 bridgehead atoms. The van der Waals surface area contributed by atoms with Crippen LogP contribution in [0.25, 0.3) is 0 Å². The highest BCUT2D eigenvalue weighted by Gasteiger charge is 2.25. The largest absolute Gasteiger partial charge is 0.478 e. The third kappa shape index (κ3) is 3.64. The number of rotatable bonds is 4. The smallest absolute Gasteiger partial charge is 0.335 e. The first-order valence-corrected chi connectivity index (χ1v) is 8.14. The van der Waals surface area contributed by atoms with E-state index in [2.05, 4.69) is 5.10 Å². The van der Waals surface area contributed by atoms with E-state index in [-0.39, 0.29) is 18.4 Å². The molecule has 1 aromatic carbocycles. The van der Waals surface area contributed by atoms with Gasteiger partial charge in [0.25, 0.3) is 0 Å². The topological polar surface area (TPSA) is 75.4 Å². The first-order chi connectivity index (χ1) is 11.5. The maximum Gasteiger partial charge on any atom is 0.335 e. The van der Waals surface area contributed by atoms with Gasteiger partial charge >= 0.3 is 5.97 Å². The zero-order chi connectivity index (χ0) is 17.1. The number of hydrogen-bond acceptors (Lipinski definition) is 3. The molecule has 0 spiro atoms. The van der Waals surface area contributed by atoms with Gasteiger partial charge < -0.3 is 10.0 Å². The van der Waals surface area contributed by atoms with E-state index in [4.69, 9.17) is 5.11 Å². The lowest BCUT2D eigenvalue weighted by Gasteiger charge is -2.33. The third-order valence-corrected chi connectivity index (χ3v) is 4.45. The lowest BCUT2D eigenvalue weighted by molar-refractivity contribution is -0.133. The SMILES string of the molecule is Cc1ccn(CC(=O)N2CCC[C@H](c3cccc(C(=O)O)c3)C2)n1. The summed E-state index contributed by atoms with van der Waals surface area (Å²) in [5, 5.41) is 13.4. The molecule has 2 heterocycles. The standard InChI is InChI=1S/C18H21N3O3/c1-13-7-9-21(19-13)12-17(22)20-8-3-6-16(11-20)14-4-2-5-15(10-14)18(23)24/h2,4-5,7,9-10,16H,3,6,8,11-12H2,1H3,(H,23,24)/t16-/m0/s1. The average Bonchev–Trinajstić information content (AvgIpc) is 3.00. The first kappa shape index (κ1) is 16.2. The molecule has 1 aliphatic heterocycles. The zero-order valence-electron chi connectivity index (χ0n) is 13.7. The van der Waals surface area contributed by atoms with Crippen LogP contribution in [-0.2, 0) is 11.3 Å². The summed E-state index contributed by atoms with van der Waals surface area (Å²) >= 11 is 0. The molecule has 6 nitrogen and oxygen atoms in total. The van der Waals surface area contributed by atoms with E-state index in [1.165, 1.54) is 0 Å². The van der Waals surface area contributed by atoms with Crippen molar-refractivity contribution in [2.45, 2.75) is 32.2 Å². The summed E-state index contributed by atoms with van der Waals surface area (Å²) in [6.07, 6.45) is 3.70. The fraction of sp³-hybridized carbons (Fsp3) is 0.389. The normalized spacial score (nSPS) is 17.7. The highest BCUT2D eigenvalue weighted by Crippen LogP contribution is 2.27. The number of benzene rings is 1. The van der Waals surface area contributed by atoms with E-state index in [0.717, 1.165) is 30.6 Å². The summed E-state index contributed by atoms with van der Waals surface area (Å²) in [6, 6.07) is 8.91. The molecule has 0 aliphatic carbocycles.